The van der Waals surface area contributed by atoms with Crippen molar-refractivity contribution in [1.29, 1.82) is 0 Å². The number of carbonyl (C=O) groups is 2. The molecule has 0 saturated heterocycles. The molecule has 1 rings (SSSR count). The molecule has 0 heterocycles. The van der Waals surface area contributed by atoms with Gasteiger partial charge in [0.25, 0.3) is 0 Å². The number of hydrogen-bond donors (Lipinski definition) is 2. The molecule has 5 heteroatoms. The van der Waals surface area contributed by atoms with Crippen LogP contribution in [0.2, 0.25) is 0 Å². The predicted molar refractivity (Wildman–Crippen MR) is 76.8 cm³/mol. The van der Waals surface area contributed by atoms with E-state index in [9.17, 15) is 9.59 Å². The largest absolute Gasteiger partial charge is 0.467 e. The van der Waals surface area contributed by atoms with Crippen molar-refractivity contribution >= 4 is 11.9 Å². The van der Waals surface area contributed by atoms with Crippen molar-refractivity contribution in [2.45, 2.75) is 25.8 Å². The zero-order chi connectivity index (χ0) is 15.0. The summed E-state index contributed by atoms with van der Waals surface area (Å²) in [7, 11) is 1.31. The number of rotatable bonds is 7. The van der Waals surface area contributed by atoms with E-state index in [1.165, 1.54) is 7.11 Å². The Labute approximate surface area is 119 Å². The second-order valence-corrected chi connectivity index (χ2v) is 4.81. The molecule has 0 aliphatic carbocycles. The Morgan fingerprint density at radius 1 is 1.30 bits per heavy atom. The van der Waals surface area contributed by atoms with Crippen LogP contribution in [-0.4, -0.2) is 25.5 Å². The molecule has 0 spiro atoms. The lowest BCUT2D eigenvalue weighted by molar-refractivity contribution is -0.145. The smallest absolute Gasteiger partial charge is 0.333 e. The monoisotopic (exact) mass is 278 g/mol. The highest BCUT2D eigenvalue weighted by atomic mass is 16.5. The van der Waals surface area contributed by atoms with Crippen molar-refractivity contribution in [2.75, 3.05) is 13.7 Å². The molecule has 20 heavy (non-hydrogen) atoms. The van der Waals surface area contributed by atoms with Gasteiger partial charge in [-0.25, -0.2) is 4.79 Å². The fraction of sp³-hybridized carbons (Fsp3) is 0.467. The van der Waals surface area contributed by atoms with Gasteiger partial charge in [0.15, 0.2) is 6.04 Å². The van der Waals surface area contributed by atoms with Crippen molar-refractivity contribution in [3.8, 4) is 0 Å². The summed E-state index contributed by atoms with van der Waals surface area (Å²) in [4.78, 5) is 23.7. The van der Waals surface area contributed by atoms with Crippen LogP contribution in [0.25, 0.3) is 0 Å². The predicted octanol–water partition coefficient (Wildman–Crippen LogP) is 1.39. The maximum atomic E-state index is 11.9. The van der Waals surface area contributed by atoms with Crippen molar-refractivity contribution < 1.29 is 14.3 Å². The van der Waals surface area contributed by atoms with E-state index in [0.717, 1.165) is 0 Å². The van der Waals surface area contributed by atoms with Crippen LogP contribution in [0, 0.1) is 5.92 Å². The van der Waals surface area contributed by atoms with Gasteiger partial charge in [0, 0.05) is 6.42 Å². The lowest BCUT2D eigenvalue weighted by Gasteiger charge is -2.17. The molecule has 3 N–H and O–H groups in total. The van der Waals surface area contributed by atoms with Gasteiger partial charge in [0.1, 0.15) is 0 Å². The Morgan fingerprint density at radius 2 is 1.95 bits per heavy atom. The molecule has 2 atom stereocenters. The zero-order valence-electron chi connectivity index (χ0n) is 12.0. The molecule has 1 amide bonds. The minimum Gasteiger partial charge on any atom is -0.467 e. The van der Waals surface area contributed by atoms with E-state index in [2.05, 4.69) is 5.32 Å². The standard InChI is InChI=1S/C15H22N2O3/c1-11(10-16)8-9-13(18)17-14(15(19)20-2)12-6-4-3-5-7-12/h3-7,11,14H,8-10,16H2,1-2H3,(H,17,18). The van der Waals surface area contributed by atoms with Gasteiger partial charge in [-0.05, 0) is 24.4 Å². The Bertz CT molecular complexity index is 434. The van der Waals surface area contributed by atoms with E-state index >= 15 is 0 Å². The first-order chi connectivity index (χ1) is 9.58. The summed E-state index contributed by atoms with van der Waals surface area (Å²) in [6.45, 7) is 2.54. The summed E-state index contributed by atoms with van der Waals surface area (Å²) in [5, 5.41) is 2.71. The molecular formula is C15H22N2O3. The maximum Gasteiger partial charge on any atom is 0.333 e. The zero-order valence-corrected chi connectivity index (χ0v) is 12.0. The van der Waals surface area contributed by atoms with Gasteiger partial charge in [0.05, 0.1) is 7.11 Å². The highest BCUT2D eigenvalue weighted by Crippen LogP contribution is 2.15. The first kappa shape index (κ1) is 16.2. The Kier molecular flexibility index (Phi) is 6.73. The Balaban J connectivity index is 2.67. The molecule has 1 aromatic carbocycles. The quantitative estimate of drug-likeness (QED) is 0.739. The molecule has 1 aromatic rings. The van der Waals surface area contributed by atoms with Crippen molar-refractivity contribution in [1.82, 2.24) is 5.32 Å². The van der Waals surface area contributed by atoms with Gasteiger partial charge in [-0.2, -0.15) is 0 Å². The summed E-state index contributed by atoms with van der Waals surface area (Å²) in [6.07, 6.45) is 1.05. The van der Waals surface area contributed by atoms with Crippen LogP contribution < -0.4 is 11.1 Å². The number of methoxy groups -OCH3 is 1. The molecule has 0 aliphatic rings. The van der Waals surface area contributed by atoms with Crippen LogP contribution in [0.1, 0.15) is 31.4 Å². The topological polar surface area (TPSA) is 81.4 Å². The number of amides is 1. The fourth-order valence-electron chi connectivity index (χ4n) is 1.77. The molecule has 0 radical (unpaired) electrons. The minimum absolute atomic E-state index is 0.176. The van der Waals surface area contributed by atoms with E-state index in [1.54, 1.807) is 12.1 Å². The number of nitrogens with one attached hydrogen (secondary N) is 1. The fourth-order valence-corrected chi connectivity index (χ4v) is 1.77. The average Bonchev–Trinajstić information content (AvgIpc) is 2.50. The van der Waals surface area contributed by atoms with Gasteiger partial charge in [0.2, 0.25) is 5.91 Å². The number of hydrogen-bond acceptors (Lipinski definition) is 4. The van der Waals surface area contributed by atoms with Crippen molar-refractivity contribution in [3.63, 3.8) is 0 Å². The third-order valence-electron chi connectivity index (χ3n) is 3.14. The van der Waals surface area contributed by atoms with Gasteiger partial charge in [-0.15, -0.1) is 0 Å². The lowest BCUT2D eigenvalue weighted by atomic mass is 10.0. The van der Waals surface area contributed by atoms with E-state index < -0.39 is 12.0 Å². The van der Waals surface area contributed by atoms with Crippen molar-refractivity contribution in [2.24, 2.45) is 11.7 Å². The molecule has 0 aromatic heterocycles. The van der Waals surface area contributed by atoms with Gasteiger partial charge < -0.3 is 15.8 Å². The summed E-state index contributed by atoms with van der Waals surface area (Å²) in [5.74, 6) is -0.366. The molecule has 0 saturated carbocycles. The van der Waals surface area contributed by atoms with E-state index in [0.29, 0.717) is 24.9 Å². The number of benzene rings is 1. The molecule has 0 bridgehead atoms. The highest BCUT2D eigenvalue weighted by molar-refractivity contribution is 5.85. The van der Waals surface area contributed by atoms with E-state index in [1.807, 2.05) is 25.1 Å². The SMILES string of the molecule is COC(=O)C(NC(=O)CCC(C)CN)c1ccccc1. The van der Waals surface area contributed by atoms with Crippen molar-refractivity contribution in [3.05, 3.63) is 35.9 Å². The molecule has 0 aliphatic heterocycles. The second-order valence-electron chi connectivity index (χ2n) is 4.81. The molecule has 110 valence electrons. The summed E-state index contributed by atoms with van der Waals surface area (Å²) in [5.41, 5.74) is 6.22. The third-order valence-corrected chi connectivity index (χ3v) is 3.14. The van der Waals surface area contributed by atoms with Crippen LogP contribution in [0.4, 0.5) is 0 Å². The average molecular weight is 278 g/mol. The number of carbonyl (C=O) groups excluding carboxylic acids is 2. The lowest BCUT2D eigenvalue weighted by Crippen LogP contribution is -2.34. The van der Waals surface area contributed by atoms with Gasteiger partial charge in [-0.1, -0.05) is 37.3 Å². The number of esters is 1. The Hall–Kier alpha value is -1.88. The minimum atomic E-state index is -0.762. The number of nitrogens with two attached hydrogens (primary N) is 1. The van der Waals surface area contributed by atoms with Gasteiger partial charge >= 0.3 is 5.97 Å². The summed E-state index contributed by atoms with van der Waals surface area (Å²) < 4.78 is 4.74. The molecule has 0 fully saturated rings. The molecule has 5 nitrogen and oxygen atoms in total. The summed E-state index contributed by atoms with van der Waals surface area (Å²) >= 11 is 0. The van der Waals surface area contributed by atoms with E-state index in [4.69, 9.17) is 10.5 Å². The third kappa shape index (κ3) is 5.01. The first-order valence-corrected chi connectivity index (χ1v) is 6.70. The second kappa shape index (κ2) is 8.32. The van der Waals surface area contributed by atoms with Crippen LogP contribution in [-0.2, 0) is 14.3 Å². The molecular weight excluding hydrogens is 256 g/mol. The van der Waals surface area contributed by atoms with Gasteiger partial charge in [-0.3, -0.25) is 4.79 Å². The van der Waals surface area contributed by atoms with Crippen LogP contribution >= 0.6 is 0 Å². The summed E-state index contributed by atoms with van der Waals surface area (Å²) in [6, 6.07) is 8.28. The van der Waals surface area contributed by atoms with E-state index in [-0.39, 0.29) is 11.8 Å². The number of ether oxygens (including phenoxy) is 1. The normalized spacial score (nSPS) is 13.3. The maximum absolute atomic E-state index is 11.9. The Morgan fingerprint density at radius 3 is 2.50 bits per heavy atom. The van der Waals surface area contributed by atoms with Crippen LogP contribution in [0.3, 0.4) is 0 Å². The van der Waals surface area contributed by atoms with Crippen LogP contribution in [0.15, 0.2) is 30.3 Å². The highest BCUT2D eigenvalue weighted by Gasteiger charge is 2.23. The first-order valence-electron chi connectivity index (χ1n) is 6.70. The van der Waals surface area contributed by atoms with Crippen LogP contribution in [0.5, 0.6) is 0 Å². The molecule has 2 unspecified atom stereocenters.